The third-order valence-corrected chi connectivity index (χ3v) is 4.13. The third kappa shape index (κ3) is 2.84. The molecule has 6 heteroatoms. The number of nitrogens with two attached hydrogens (primary N) is 1. The number of methoxy groups -OCH3 is 1. The molecule has 1 saturated carbocycles. The van der Waals surface area contributed by atoms with Crippen molar-refractivity contribution in [1.82, 2.24) is 20.2 Å². The number of hydrogen-bond donors (Lipinski definition) is 1. The first-order valence-electron chi connectivity index (χ1n) is 7.51. The summed E-state index contributed by atoms with van der Waals surface area (Å²) in [6, 6.07) is 5.96. The second kappa shape index (κ2) is 6.11. The number of rotatable bonds is 3. The van der Waals surface area contributed by atoms with Gasteiger partial charge in [0.25, 0.3) is 0 Å². The van der Waals surface area contributed by atoms with Crippen LogP contribution in [0.2, 0.25) is 0 Å². The highest BCUT2D eigenvalue weighted by Crippen LogP contribution is 2.34. The molecule has 2 aromatic rings. The molecule has 0 amide bonds. The predicted molar refractivity (Wildman–Crippen MR) is 81.0 cm³/mol. The van der Waals surface area contributed by atoms with Crippen LogP contribution in [0.5, 0.6) is 5.75 Å². The Morgan fingerprint density at radius 3 is 2.67 bits per heavy atom. The van der Waals surface area contributed by atoms with Crippen LogP contribution in [0.1, 0.15) is 44.6 Å². The predicted octanol–water partition coefficient (Wildman–Crippen LogP) is 2.83. The molecule has 0 atom stereocenters. The lowest BCUT2D eigenvalue weighted by molar-refractivity contribution is 0.396. The molecule has 1 aromatic heterocycles. The largest absolute Gasteiger partial charge is 0.496 e. The molecular weight excluding hydrogens is 266 g/mol. The van der Waals surface area contributed by atoms with Gasteiger partial charge in [0.05, 0.1) is 18.7 Å². The van der Waals surface area contributed by atoms with Gasteiger partial charge in [-0.3, -0.25) is 0 Å². The second-order valence-electron chi connectivity index (χ2n) is 5.55. The second-order valence-corrected chi connectivity index (χ2v) is 5.55. The van der Waals surface area contributed by atoms with E-state index in [1.54, 1.807) is 13.2 Å². The van der Waals surface area contributed by atoms with Crippen molar-refractivity contribution in [2.75, 3.05) is 12.8 Å². The van der Waals surface area contributed by atoms with Crippen molar-refractivity contribution in [2.45, 2.75) is 44.6 Å². The molecule has 1 fully saturated rings. The molecule has 3 rings (SSSR count). The average molecular weight is 287 g/mol. The van der Waals surface area contributed by atoms with Crippen LogP contribution < -0.4 is 10.5 Å². The van der Waals surface area contributed by atoms with E-state index in [4.69, 9.17) is 10.5 Å². The fourth-order valence-electron chi connectivity index (χ4n) is 3.01. The monoisotopic (exact) mass is 287 g/mol. The molecule has 0 aliphatic heterocycles. The van der Waals surface area contributed by atoms with E-state index < -0.39 is 0 Å². The first-order chi connectivity index (χ1) is 10.3. The van der Waals surface area contributed by atoms with Crippen molar-refractivity contribution in [3.05, 3.63) is 18.2 Å². The third-order valence-electron chi connectivity index (χ3n) is 4.13. The van der Waals surface area contributed by atoms with E-state index in [9.17, 15) is 0 Å². The maximum Gasteiger partial charge on any atom is 0.186 e. The lowest BCUT2D eigenvalue weighted by atomic mass is 10.1. The van der Waals surface area contributed by atoms with E-state index in [1.165, 1.54) is 25.7 Å². The summed E-state index contributed by atoms with van der Waals surface area (Å²) in [7, 11) is 1.64. The van der Waals surface area contributed by atoms with E-state index in [0.717, 1.165) is 24.2 Å². The molecular formula is C15H21N5O. The summed E-state index contributed by atoms with van der Waals surface area (Å²) in [5.74, 6) is 1.47. The lowest BCUT2D eigenvalue weighted by Crippen LogP contribution is -2.12. The van der Waals surface area contributed by atoms with Gasteiger partial charge in [0, 0.05) is 11.8 Å². The Hall–Kier alpha value is -2.11. The molecule has 2 N–H and O–H groups in total. The SMILES string of the molecule is COc1cc(N)ccc1-c1nnnn1C1CCCCCC1. The maximum atomic E-state index is 5.82. The minimum atomic E-state index is 0.375. The first kappa shape index (κ1) is 13.9. The Kier molecular flexibility index (Phi) is 4.03. The normalized spacial score (nSPS) is 16.6. The van der Waals surface area contributed by atoms with Crippen LogP contribution in [0.25, 0.3) is 11.4 Å². The van der Waals surface area contributed by atoms with E-state index in [0.29, 0.717) is 17.5 Å². The maximum absolute atomic E-state index is 5.82. The molecule has 1 aliphatic rings. The topological polar surface area (TPSA) is 78.8 Å². The smallest absolute Gasteiger partial charge is 0.186 e. The van der Waals surface area contributed by atoms with Gasteiger partial charge in [0.15, 0.2) is 5.82 Å². The van der Waals surface area contributed by atoms with Crippen LogP contribution in [0.4, 0.5) is 5.69 Å². The number of tetrazole rings is 1. The first-order valence-corrected chi connectivity index (χ1v) is 7.51. The van der Waals surface area contributed by atoms with Crippen LogP contribution in [-0.4, -0.2) is 27.3 Å². The van der Waals surface area contributed by atoms with Gasteiger partial charge in [0.2, 0.25) is 0 Å². The van der Waals surface area contributed by atoms with Gasteiger partial charge >= 0.3 is 0 Å². The molecule has 6 nitrogen and oxygen atoms in total. The number of benzene rings is 1. The molecule has 0 spiro atoms. The standard InChI is InChI=1S/C15H21N5O/c1-21-14-10-11(16)8-9-13(14)15-17-18-19-20(15)12-6-4-2-3-5-7-12/h8-10,12H,2-7,16H2,1H3. The summed E-state index contributed by atoms with van der Waals surface area (Å²) >= 11 is 0. The van der Waals surface area contributed by atoms with Crippen LogP contribution >= 0.6 is 0 Å². The number of ether oxygens (including phenoxy) is 1. The van der Waals surface area contributed by atoms with Gasteiger partial charge in [-0.2, -0.15) is 0 Å². The summed E-state index contributed by atoms with van der Waals surface area (Å²) in [4.78, 5) is 0. The van der Waals surface area contributed by atoms with Gasteiger partial charge in [0.1, 0.15) is 5.75 Å². The summed E-state index contributed by atoms with van der Waals surface area (Å²) in [5.41, 5.74) is 7.38. The van der Waals surface area contributed by atoms with E-state index in [2.05, 4.69) is 15.5 Å². The van der Waals surface area contributed by atoms with E-state index in [-0.39, 0.29) is 0 Å². The zero-order valence-electron chi connectivity index (χ0n) is 12.3. The number of nitrogen functional groups attached to an aromatic ring is 1. The number of hydrogen-bond acceptors (Lipinski definition) is 5. The zero-order chi connectivity index (χ0) is 14.7. The zero-order valence-corrected chi connectivity index (χ0v) is 12.3. The molecule has 112 valence electrons. The minimum Gasteiger partial charge on any atom is -0.496 e. The summed E-state index contributed by atoms with van der Waals surface area (Å²) in [6.45, 7) is 0. The molecule has 0 saturated heterocycles. The fourth-order valence-corrected chi connectivity index (χ4v) is 3.01. The average Bonchev–Trinajstić information content (AvgIpc) is 2.82. The highest BCUT2D eigenvalue weighted by Gasteiger charge is 2.21. The number of anilines is 1. The Bertz CT molecular complexity index is 602. The molecule has 1 heterocycles. The van der Waals surface area contributed by atoms with Crippen molar-refractivity contribution < 1.29 is 4.74 Å². The van der Waals surface area contributed by atoms with Crippen LogP contribution in [0.15, 0.2) is 18.2 Å². The summed E-state index contributed by atoms with van der Waals surface area (Å²) < 4.78 is 7.39. The molecule has 0 radical (unpaired) electrons. The van der Waals surface area contributed by atoms with Crippen LogP contribution in [-0.2, 0) is 0 Å². The molecule has 1 aromatic carbocycles. The van der Waals surface area contributed by atoms with Crippen molar-refractivity contribution in [1.29, 1.82) is 0 Å². The van der Waals surface area contributed by atoms with Crippen molar-refractivity contribution in [2.24, 2.45) is 0 Å². The molecule has 0 unspecified atom stereocenters. The van der Waals surface area contributed by atoms with Crippen molar-refractivity contribution in [3.8, 4) is 17.1 Å². The van der Waals surface area contributed by atoms with Gasteiger partial charge in [-0.1, -0.05) is 25.7 Å². The highest BCUT2D eigenvalue weighted by molar-refractivity contribution is 5.67. The quantitative estimate of drug-likeness (QED) is 0.693. The lowest BCUT2D eigenvalue weighted by Gasteiger charge is -2.16. The van der Waals surface area contributed by atoms with E-state index in [1.807, 2.05) is 16.8 Å². The Morgan fingerprint density at radius 1 is 1.19 bits per heavy atom. The summed E-state index contributed by atoms with van der Waals surface area (Å²) in [5, 5.41) is 12.3. The minimum absolute atomic E-state index is 0.375. The Balaban J connectivity index is 1.98. The van der Waals surface area contributed by atoms with Crippen LogP contribution in [0.3, 0.4) is 0 Å². The molecule has 21 heavy (non-hydrogen) atoms. The molecule has 0 bridgehead atoms. The van der Waals surface area contributed by atoms with Gasteiger partial charge < -0.3 is 10.5 Å². The van der Waals surface area contributed by atoms with Crippen molar-refractivity contribution >= 4 is 5.69 Å². The van der Waals surface area contributed by atoms with Gasteiger partial charge in [-0.25, -0.2) is 4.68 Å². The molecule has 1 aliphatic carbocycles. The fraction of sp³-hybridized carbons (Fsp3) is 0.533. The highest BCUT2D eigenvalue weighted by atomic mass is 16.5. The Labute approximate surface area is 124 Å². The Morgan fingerprint density at radius 2 is 1.95 bits per heavy atom. The van der Waals surface area contributed by atoms with Gasteiger partial charge in [-0.05, 0) is 35.4 Å². The summed E-state index contributed by atoms with van der Waals surface area (Å²) in [6.07, 6.45) is 7.36. The van der Waals surface area contributed by atoms with Gasteiger partial charge in [-0.15, -0.1) is 5.10 Å². The number of nitrogens with zero attached hydrogens (tertiary/aromatic N) is 4. The number of aromatic nitrogens is 4. The van der Waals surface area contributed by atoms with E-state index >= 15 is 0 Å². The van der Waals surface area contributed by atoms with Crippen molar-refractivity contribution in [3.63, 3.8) is 0 Å². The van der Waals surface area contributed by atoms with Crippen LogP contribution in [0, 0.1) is 0 Å².